The van der Waals surface area contributed by atoms with Gasteiger partial charge >= 0.3 is 5.97 Å². The summed E-state index contributed by atoms with van der Waals surface area (Å²) in [4.78, 5) is 11.0. The van der Waals surface area contributed by atoms with E-state index in [1.54, 1.807) is 7.11 Å². The Labute approximate surface area is 95.3 Å². The van der Waals surface area contributed by atoms with Crippen LogP contribution in [0, 0.1) is 0 Å². The summed E-state index contributed by atoms with van der Waals surface area (Å²) in [5.41, 5.74) is 6.93. The minimum absolute atomic E-state index is 0.148. The molecular weight excluding hydrogens is 206 g/mol. The van der Waals surface area contributed by atoms with Gasteiger partial charge < -0.3 is 15.2 Å². The van der Waals surface area contributed by atoms with Gasteiger partial charge in [0.25, 0.3) is 0 Å². The number of nitrogens with two attached hydrogens (primary N) is 1. The third-order valence-electron chi connectivity index (χ3n) is 2.43. The Hall–Kier alpha value is -1.55. The summed E-state index contributed by atoms with van der Waals surface area (Å²) in [6, 6.07) is 7.37. The van der Waals surface area contributed by atoms with Crippen LogP contribution in [0.5, 0.6) is 5.75 Å². The molecule has 1 rings (SSSR count). The number of hydrogen-bond donors (Lipinski definition) is 1. The maximum atomic E-state index is 11.0. The highest BCUT2D eigenvalue weighted by molar-refractivity contribution is 5.69. The summed E-state index contributed by atoms with van der Waals surface area (Å²) in [5.74, 6) is 0.563. The SMILES string of the molecule is COC(=O)CC[C@H](N)c1ccc(OC)cc1. The Kier molecular flexibility index (Phi) is 4.79. The summed E-state index contributed by atoms with van der Waals surface area (Å²) in [5, 5.41) is 0. The van der Waals surface area contributed by atoms with Crippen molar-refractivity contribution in [3.8, 4) is 5.75 Å². The van der Waals surface area contributed by atoms with Gasteiger partial charge in [0.2, 0.25) is 0 Å². The molecule has 0 spiro atoms. The fourth-order valence-electron chi connectivity index (χ4n) is 1.39. The first-order valence-electron chi connectivity index (χ1n) is 5.13. The average molecular weight is 223 g/mol. The summed E-state index contributed by atoms with van der Waals surface area (Å²) < 4.78 is 9.61. The van der Waals surface area contributed by atoms with Crippen LogP contribution in [-0.2, 0) is 9.53 Å². The Morgan fingerprint density at radius 2 is 1.94 bits per heavy atom. The highest BCUT2D eigenvalue weighted by Gasteiger charge is 2.09. The number of carbonyl (C=O) groups excluding carboxylic acids is 1. The predicted octanol–water partition coefficient (Wildman–Crippen LogP) is 1.65. The third-order valence-corrected chi connectivity index (χ3v) is 2.43. The van der Waals surface area contributed by atoms with Crippen molar-refractivity contribution < 1.29 is 14.3 Å². The quantitative estimate of drug-likeness (QED) is 0.771. The van der Waals surface area contributed by atoms with E-state index in [1.807, 2.05) is 24.3 Å². The van der Waals surface area contributed by atoms with E-state index < -0.39 is 0 Å². The van der Waals surface area contributed by atoms with Crippen LogP contribution in [0.2, 0.25) is 0 Å². The lowest BCUT2D eigenvalue weighted by atomic mass is 10.0. The molecule has 1 aromatic carbocycles. The molecule has 0 unspecified atom stereocenters. The Morgan fingerprint density at radius 3 is 2.44 bits per heavy atom. The minimum Gasteiger partial charge on any atom is -0.497 e. The molecule has 0 heterocycles. The molecule has 0 bridgehead atoms. The van der Waals surface area contributed by atoms with Gasteiger partial charge in [0.1, 0.15) is 5.75 Å². The minimum atomic E-state index is -0.232. The fourth-order valence-corrected chi connectivity index (χ4v) is 1.39. The van der Waals surface area contributed by atoms with Crippen LogP contribution in [0.1, 0.15) is 24.4 Å². The number of benzene rings is 1. The zero-order valence-corrected chi connectivity index (χ0v) is 9.60. The van der Waals surface area contributed by atoms with Crippen LogP contribution in [-0.4, -0.2) is 20.2 Å². The maximum absolute atomic E-state index is 11.0. The van der Waals surface area contributed by atoms with Crippen molar-refractivity contribution in [1.29, 1.82) is 0 Å². The molecule has 0 aliphatic carbocycles. The second-order valence-electron chi connectivity index (χ2n) is 3.49. The van der Waals surface area contributed by atoms with Crippen LogP contribution in [0.3, 0.4) is 0 Å². The van der Waals surface area contributed by atoms with Gasteiger partial charge in [-0.2, -0.15) is 0 Å². The van der Waals surface area contributed by atoms with E-state index in [0.29, 0.717) is 12.8 Å². The topological polar surface area (TPSA) is 61.5 Å². The largest absolute Gasteiger partial charge is 0.497 e. The molecule has 1 aromatic rings. The van der Waals surface area contributed by atoms with Crippen LogP contribution in [0.15, 0.2) is 24.3 Å². The standard InChI is InChI=1S/C12H17NO3/c1-15-10-5-3-9(4-6-10)11(13)7-8-12(14)16-2/h3-6,11H,7-8,13H2,1-2H3/t11-/m0/s1. The van der Waals surface area contributed by atoms with Crippen LogP contribution < -0.4 is 10.5 Å². The molecule has 2 N–H and O–H groups in total. The molecule has 0 saturated carbocycles. The Bertz CT molecular complexity index is 335. The van der Waals surface area contributed by atoms with E-state index in [-0.39, 0.29) is 12.0 Å². The highest BCUT2D eigenvalue weighted by atomic mass is 16.5. The molecule has 16 heavy (non-hydrogen) atoms. The molecule has 0 saturated heterocycles. The molecule has 0 aliphatic rings. The molecule has 1 atom stereocenters. The molecular formula is C12H17NO3. The van der Waals surface area contributed by atoms with Crippen molar-refractivity contribution in [3.63, 3.8) is 0 Å². The first-order valence-corrected chi connectivity index (χ1v) is 5.13. The van der Waals surface area contributed by atoms with Crippen molar-refractivity contribution in [1.82, 2.24) is 0 Å². The lowest BCUT2D eigenvalue weighted by Crippen LogP contribution is -2.12. The zero-order valence-electron chi connectivity index (χ0n) is 9.60. The van der Waals surface area contributed by atoms with E-state index in [9.17, 15) is 4.79 Å². The Morgan fingerprint density at radius 1 is 1.31 bits per heavy atom. The van der Waals surface area contributed by atoms with E-state index in [2.05, 4.69) is 4.74 Å². The number of hydrogen-bond acceptors (Lipinski definition) is 4. The van der Waals surface area contributed by atoms with Crippen molar-refractivity contribution in [2.24, 2.45) is 5.73 Å². The van der Waals surface area contributed by atoms with Crippen LogP contribution in [0.4, 0.5) is 0 Å². The van der Waals surface area contributed by atoms with Crippen molar-refractivity contribution in [2.45, 2.75) is 18.9 Å². The second kappa shape index (κ2) is 6.12. The van der Waals surface area contributed by atoms with Crippen LogP contribution >= 0.6 is 0 Å². The summed E-state index contributed by atoms with van der Waals surface area (Å²) >= 11 is 0. The number of ether oxygens (including phenoxy) is 2. The molecule has 0 aromatic heterocycles. The predicted molar refractivity (Wildman–Crippen MR) is 61.2 cm³/mol. The lowest BCUT2D eigenvalue weighted by Gasteiger charge is -2.11. The van der Waals surface area contributed by atoms with Crippen LogP contribution in [0.25, 0.3) is 0 Å². The molecule has 0 radical (unpaired) electrons. The van der Waals surface area contributed by atoms with Crippen molar-refractivity contribution >= 4 is 5.97 Å². The van der Waals surface area contributed by atoms with Gasteiger partial charge in [-0.05, 0) is 24.1 Å². The van der Waals surface area contributed by atoms with Gasteiger partial charge in [-0.3, -0.25) is 4.79 Å². The first kappa shape index (κ1) is 12.5. The molecule has 4 nitrogen and oxygen atoms in total. The number of carbonyl (C=O) groups is 1. The van der Waals surface area contributed by atoms with E-state index in [4.69, 9.17) is 10.5 Å². The Balaban J connectivity index is 2.52. The smallest absolute Gasteiger partial charge is 0.305 e. The van der Waals surface area contributed by atoms with Gasteiger partial charge in [0.15, 0.2) is 0 Å². The summed E-state index contributed by atoms with van der Waals surface area (Å²) in [6.45, 7) is 0. The lowest BCUT2D eigenvalue weighted by molar-refractivity contribution is -0.140. The van der Waals surface area contributed by atoms with E-state index >= 15 is 0 Å². The van der Waals surface area contributed by atoms with E-state index in [1.165, 1.54) is 7.11 Å². The number of esters is 1. The molecule has 0 amide bonds. The van der Waals surface area contributed by atoms with Gasteiger partial charge in [-0.15, -0.1) is 0 Å². The maximum Gasteiger partial charge on any atom is 0.305 e. The molecule has 88 valence electrons. The van der Waals surface area contributed by atoms with Crippen molar-refractivity contribution in [3.05, 3.63) is 29.8 Å². The second-order valence-corrected chi connectivity index (χ2v) is 3.49. The van der Waals surface area contributed by atoms with Gasteiger partial charge in [0, 0.05) is 12.5 Å². The third kappa shape index (κ3) is 3.55. The average Bonchev–Trinajstić information content (AvgIpc) is 2.35. The fraction of sp³-hybridized carbons (Fsp3) is 0.417. The van der Waals surface area contributed by atoms with Gasteiger partial charge in [0.05, 0.1) is 14.2 Å². The molecule has 0 aliphatic heterocycles. The first-order chi connectivity index (χ1) is 7.67. The van der Waals surface area contributed by atoms with E-state index in [0.717, 1.165) is 11.3 Å². The number of rotatable bonds is 5. The molecule has 4 heteroatoms. The summed E-state index contributed by atoms with van der Waals surface area (Å²) in [6.07, 6.45) is 0.919. The molecule has 0 fully saturated rings. The normalized spacial score (nSPS) is 11.9. The number of methoxy groups -OCH3 is 2. The summed E-state index contributed by atoms with van der Waals surface area (Å²) in [7, 11) is 2.99. The highest BCUT2D eigenvalue weighted by Crippen LogP contribution is 2.19. The van der Waals surface area contributed by atoms with Gasteiger partial charge in [-0.1, -0.05) is 12.1 Å². The monoisotopic (exact) mass is 223 g/mol. The van der Waals surface area contributed by atoms with Gasteiger partial charge in [-0.25, -0.2) is 0 Å². The van der Waals surface area contributed by atoms with Crippen molar-refractivity contribution in [2.75, 3.05) is 14.2 Å². The zero-order chi connectivity index (χ0) is 12.0.